The highest BCUT2D eigenvalue weighted by Gasteiger charge is 2.39. The standard InChI is InChI=1S/C29H28N2O5S/c1-30-26(27(32)22-10-4-2-5-11-22)28(24-12-6-7-13-25(24)37(30,34)35)36-29(33)23-16-14-21(15-17-23)20-31-18-8-3-9-19-31/h2,4-7,10-17H,3,8-9,18-20H2,1H3/p+1. The molecular weight excluding hydrogens is 488 g/mol. The monoisotopic (exact) mass is 517 g/mol. The number of esters is 1. The van der Waals surface area contributed by atoms with Crippen molar-refractivity contribution in [1.29, 1.82) is 0 Å². The Balaban J connectivity index is 1.49. The van der Waals surface area contributed by atoms with E-state index in [2.05, 4.69) is 0 Å². The number of ketones is 1. The van der Waals surface area contributed by atoms with E-state index < -0.39 is 21.8 Å². The highest BCUT2D eigenvalue weighted by molar-refractivity contribution is 7.89. The van der Waals surface area contributed by atoms with Crippen LogP contribution in [0.25, 0.3) is 5.76 Å². The van der Waals surface area contributed by atoms with Crippen molar-refractivity contribution in [3.05, 3.63) is 107 Å². The Morgan fingerprint density at radius 3 is 2.19 bits per heavy atom. The molecule has 5 rings (SSSR count). The third kappa shape index (κ3) is 4.95. The molecule has 0 aromatic heterocycles. The summed E-state index contributed by atoms with van der Waals surface area (Å²) in [6.45, 7) is 3.23. The van der Waals surface area contributed by atoms with Crippen molar-refractivity contribution >= 4 is 27.5 Å². The lowest BCUT2D eigenvalue weighted by atomic mass is 10.0. The molecule has 3 aromatic carbocycles. The van der Waals surface area contributed by atoms with E-state index in [0.717, 1.165) is 29.5 Å². The lowest BCUT2D eigenvalue weighted by Crippen LogP contribution is -3.11. The molecule has 0 spiro atoms. The third-order valence-corrected chi connectivity index (χ3v) is 8.77. The van der Waals surface area contributed by atoms with E-state index in [9.17, 15) is 18.0 Å². The van der Waals surface area contributed by atoms with Crippen molar-refractivity contribution in [2.45, 2.75) is 30.7 Å². The Labute approximate surface area is 217 Å². The number of quaternary nitrogens is 1. The first kappa shape index (κ1) is 24.9. The molecule has 1 fully saturated rings. The van der Waals surface area contributed by atoms with Crippen LogP contribution in [0.1, 0.15) is 51.1 Å². The van der Waals surface area contributed by atoms with E-state index in [0.29, 0.717) is 5.56 Å². The number of hydrogen-bond acceptors (Lipinski definition) is 5. The number of Topliss-reactive ketones (excluding diaryl/α,β-unsaturated/α-hetero) is 1. The highest BCUT2D eigenvalue weighted by Crippen LogP contribution is 2.38. The maximum atomic E-state index is 13.5. The molecule has 0 saturated carbocycles. The maximum Gasteiger partial charge on any atom is 0.343 e. The van der Waals surface area contributed by atoms with Gasteiger partial charge in [-0.1, -0.05) is 54.6 Å². The Morgan fingerprint density at radius 1 is 0.838 bits per heavy atom. The average molecular weight is 518 g/mol. The highest BCUT2D eigenvalue weighted by atomic mass is 32.2. The Hall–Kier alpha value is -3.75. The van der Waals surface area contributed by atoms with Crippen LogP contribution in [0.5, 0.6) is 0 Å². The normalized spacial score (nSPS) is 17.3. The Kier molecular flexibility index (Phi) is 6.95. The second-order valence-electron chi connectivity index (χ2n) is 9.42. The number of benzene rings is 3. The van der Waals surface area contributed by atoms with Gasteiger partial charge in [0.25, 0.3) is 10.0 Å². The molecule has 2 aliphatic rings. The molecular formula is C29H29N2O5S+. The minimum absolute atomic E-state index is 0.0234. The number of likely N-dealkylation sites (tertiary alicyclic amines) is 1. The molecule has 2 aliphatic heterocycles. The zero-order chi connectivity index (χ0) is 26.0. The zero-order valence-electron chi connectivity index (χ0n) is 20.6. The van der Waals surface area contributed by atoms with E-state index in [1.54, 1.807) is 65.6 Å². The van der Waals surface area contributed by atoms with Gasteiger partial charge in [-0.3, -0.25) is 9.10 Å². The largest absolute Gasteiger partial charge is 0.420 e. The first-order valence-corrected chi connectivity index (χ1v) is 13.9. The number of likely N-dealkylation sites (N-methyl/N-ethyl adjacent to an activating group) is 1. The Bertz CT molecular complexity index is 1460. The van der Waals surface area contributed by atoms with E-state index in [-0.39, 0.29) is 27.5 Å². The number of allylic oxidation sites excluding steroid dienone is 1. The van der Waals surface area contributed by atoms with Gasteiger partial charge in [0.15, 0.2) is 5.76 Å². The van der Waals surface area contributed by atoms with Crippen LogP contribution in [0.4, 0.5) is 0 Å². The molecule has 37 heavy (non-hydrogen) atoms. The number of carbonyl (C=O) groups is 2. The van der Waals surface area contributed by atoms with Gasteiger partial charge >= 0.3 is 5.97 Å². The molecule has 0 bridgehead atoms. The van der Waals surface area contributed by atoms with E-state index >= 15 is 0 Å². The van der Waals surface area contributed by atoms with Crippen molar-refractivity contribution in [3.63, 3.8) is 0 Å². The van der Waals surface area contributed by atoms with Gasteiger partial charge in [-0.15, -0.1) is 0 Å². The smallest absolute Gasteiger partial charge is 0.343 e. The molecule has 0 aliphatic carbocycles. The number of hydrogen-bond donors (Lipinski definition) is 1. The van der Waals surface area contributed by atoms with Crippen molar-refractivity contribution < 1.29 is 27.6 Å². The number of sulfonamides is 1. The van der Waals surface area contributed by atoms with Gasteiger partial charge in [0.2, 0.25) is 5.78 Å². The summed E-state index contributed by atoms with van der Waals surface area (Å²) in [6.07, 6.45) is 3.77. The van der Waals surface area contributed by atoms with Crippen LogP contribution >= 0.6 is 0 Å². The van der Waals surface area contributed by atoms with Crippen molar-refractivity contribution in [1.82, 2.24) is 4.31 Å². The summed E-state index contributed by atoms with van der Waals surface area (Å²) < 4.78 is 33.2. The molecule has 0 unspecified atom stereocenters. The number of piperidine rings is 1. The summed E-state index contributed by atoms with van der Waals surface area (Å²) in [5.74, 6) is -1.29. The summed E-state index contributed by atoms with van der Waals surface area (Å²) in [4.78, 5) is 28.3. The van der Waals surface area contributed by atoms with Gasteiger partial charge in [0.05, 0.1) is 23.5 Å². The lowest BCUT2D eigenvalue weighted by molar-refractivity contribution is -0.918. The average Bonchev–Trinajstić information content (AvgIpc) is 2.93. The number of fused-ring (bicyclic) bond motifs is 1. The van der Waals surface area contributed by atoms with E-state index in [4.69, 9.17) is 4.74 Å². The molecule has 7 nitrogen and oxygen atoms in total. The molecule has 190 valence electrons. The minimum Gasteiger partial charge on any atom is -0.420 e. The second-order valence-corrected chi connectivity index (χ2v) is 11.4. The first-order valence-electron chi connectivity index (χ1n) is 12.4. The maximum absolute atomic E-state index is 13.5. The van der Waals surface area contributed by atoms with Crippen LogP contribution in [0, 0.1) is 0 Å². The van der Waals surface area contributed by atoms with Crippen LogP contribution in [0.2, 0.25) is 0 Å². The molecule has 0 atom stereocenters. The summed E-state index contributed by atoms with van der Waals surface area (Å²) >= 11 is 0. The summed E-state index contributed by atoms with van der Waals surface area (Å²) in [5.41, 5.74) is 1.73. The second kappa shape index (κ2) is 10.3. The topological polar surface area (TPSA) is 85.2 Å². The van der Waals surface area contributed by atoms with E-state index in [1.807, 2.05) is 12.1 Å². The first-order chi connectivity index (χ1) is 17.9. The van der Waals surface area contributed by atoms with Gasteiger partial charge in [-0.25, -0.2) is 13.2 Å². The molecule has 1 N–H and O–H groups in total. The van der Waals surface area contributed by atoms with Gasteiger partial charge in [0, 0.05) is 23.7 Å². The van der Waals surface area contributed by atoms with Crippen molar-refractivity contribution in [2.24, 2.45) is 0 Å². The molecule has 2 heterocycles. The Morgan fingerprint density at radius 2 is 1.49 bits per heavy atom. The summed E-state index contributed by atoms with van der Waals surface area (Å²) in [7, 11) is -2.72. The minimum atomic E-state index is -4.02. The van der Waals surface area contributed by atoms with Crippen LogP contribution in [0.3, 0.4) is 0 Å². The van der Waals surface area contributed by atoms with Crippen LogP contribution in [-0.4, -0.2) is 44.6 Å². The van der Waals surface area contributed by atoms with Crippen molar-refractivity contribution in [2.75, 3.05) is 20.1 Å². The number of rotatable bonds is 6. The summed E-state index contributed by atoms with van der Waals surface area (Å²) in [6, 6.07) is 21.9. The quantitative estimate of drug-likeness (QED) is 0.401. The fourth-order valence-electron chi connectivity index (χ4n) is 4.92. The molecule has 0 radical (unpaired) electrons. The number of carbonyl (C=O) groups excluding carboxylic acids is 2. The number of nitrogens with zero attached hydrogens (tertiary/aromatic N) is 1. The molecule has 3 aromatic rings. The lowest BCUT2D eigenvalue weighted by Gasteiger charge is -2.30. The zero-order valence-corrected chi connectivity index (χ0v) is 21.5. The van der Waals surface area contributed by atoms with E-state index in [1.165, 1.54) is 32.4 Å². The fourth-order valence-corrected chi connectivity index (χ4v) is 6.31. The summed E-state index contributed by atoms with van der Waals surface area (Å²) in [5, 5.41) is 0. The number of ether oxygens (including phenoxy) is 1. The fraction of sp³-hybridized carbons (Fsp3) is 0.241. The van der Waals surface area contributed by atoms with Crippen LogP contribution in [0.15, 0.2) is 89.5 Å². The molecule has 8 heteroatoms. The van der Waals surface area contributed by atoms with Gasteiger partial charge in [0.1, 0.15) is 12.2 Å². The van der Waals surface area contributed by atoms with Crippen LogP contribution < -0.4 is 4.90 Å². The third-order valence-electron chi connectivity index (χ3n) is 6.95. The molecule has 1 saturated heterocycles. The predicted octanol–water partition coefficient (Wildman–Crippen LogP) is 3.30. The van der Waals surface area contributed by atoms with Gasteiger partial charge in [-0.05, 0) is 43.5 Å². The van der Waals surface area contributed by atoms with Gasteiger partial charge in [-0.2, -0.15) is 0 Å². The van der Waals surface area contributed by atoms with Gasteiger partial charge < -0.3 is 9.64 Å². The SMILES string of the molecule is CN1C(C(=O)c2ccccc2)=C(OC(=O)c2ccc(C[NH+]3CCCCC3)cc2)c2ccccc2S1(=O)=O. The van der Waals surface area contributed by atoms with Crippen molar-refractivity contribution in [3.8, 4) is 0 Å². The van der Waals surface area contributed by atoms with Crippen LogP contribution in [-0.2, 0) is 21.3 Å². The molecule has 0 amide bonds. The predicted molar refractivity (Wildman–Crippen MR) is 139 cm³/mol. The number of nitrogens with one attached hydrogen (secondary N) is 1.